The quantitative estimate of drug-likeness (QED) is 0.784. The second kappa shape index (κ2) is 7.40. The number of esters is 1. The summed E-state index contributed by atoms with van der Waals surface area (Å²) in [5.41, 5.74) is 0.0465. The Balaban J connectivity index is 3.01. The fraction of sp³-hybridized carbons (Fsp3) is 0.500. The maximum atomic E-state index is 12.3. The smallest absolute Gasteiger partial charge is 0.339 e. The van der Waals surface area contributed by atoms with E-state index in [9.17, 15) is 13.2 Å². The molecule has 0 aromatic heterocycles. The number of carbonyl (C=O) groups is 1. The third-order valence-electron chi connectivity index (χ3n) is 2.93. The van der Waals surface area contributed by atoms with Gasteiger partial charge >= 0.3 is 5.97 Å². The topological polar surface area (TPSA) is 72.5 Å². The lowest BCUT2D eigenvalue weighted by Gasteiger charge is -2.15. The zero-order valence-electron chi connectivity index (χ0n) is 12.0. The van der Waals surface area contributed by atoms with Crippen LogP contribution in [0, 0.1) is 0 Å². The van der Waals surface area contributed by atoms with Crippen molar-refractivity contribution >= 4 is 16.0 Å². The number of benzene rings is 1. The van der Waals surface area contributed by atoms with Crippen molar-refractivity contribution in [3.8, 4) is 0 Å². The lowest BCUT2D eigenvalue weighted by Crippen LogP contribution is -2.33. The van der Waals surface area contributed by atoms with E-state index >= 15 is 0 Å². The predicted octanol–water partition coefficient (Wildman–Crippen LogP) is 2.33. The van der Waals surface area contributed by atoms with Crippen LogP contribution < -0.4 is 4.72 Å². The highest BCUT2D eigenvalue weighted by molar-refractivity contribution is 7.89. The summed E-state index contributed by atoms with van der Waals surface area (Å²) in [5, 5.41) is 0. The second-order valence-electron chi connectivity index (χ2n) is 4.65. The highest BCUT2D eigenvalue weighted by Gasteiger charge is 2.23. The van der Waals surface area contributed by atoms with Crippen LogP contribution in [0.5, 0.6) is 0 Å². The van der Waals surface area contributed by atoms with Gasteiger partial charge in [0.05, 0.1) is 17.6 Å². The lowest BCUT2D eigenvalue weighted by atomic mass is 10.2. The van der Waals surface area contributed by atoms with Crippen LogP contribution in [0.1, 0.15) is 43.5 Å². The Morgan fingerprint density at radius 2 is 2.00 bits per heavy atom. The largest absolute Gasteiger partial charge is 0.465 e. The molecule has 1 aromatic rings. The third-order valence-corrected chi connectivity index (χ3v) is 4.58. The predicted molar refractivity (Wildman–Crippen MR) is 77.1 cm³/mol. The molecule has 0 aliphatic carbocycles. The van der Waals surface area contributed by atoms with Crippen molar-refractivity contribution in [1.29, 1.82) is 0 Å². The van der Waals surface area contributed by atoms with Gasteiger partial charge in [-0.15, -0.1) is 0 Å². The van der Waals surface area contributed by atoms with Crippen molar-refractivity contribution in [2.45, 2.75) is 44.0 Å². The molecule has 0 aliphatic rings. The summed E-state index contributed by atoms with van der Waals surface area (Å²) in [7, 11) is -2.50. The van der Waals surface area contributed by atoms with Gasteiger partial charge < -0.3 is 4.74 Å². The number of hydrogen-bond acceptors (Lipinski definition) is 4. The fourth-order valence-corrected chi connectivity index (χ4v) is 3.35. The molecule has 0 saturated heterocycles. The highest BCUT2D eigenvalue weighted by atomic mass is 32.2. The molecule has 0 heterocycles. The average Bonchev–Trinajstić information content (AvgIpc) is 2.43. The van der Waals surface area contributed by atoms with Crippen molar-refractivity contribution < 1.29 is 17.9 Å². The van der Waals surface area contributed by atoms with Crippen molar-refractivity contribution in [3.63, 3.8) is 0 Å². The van der Waals surface area contributed by atoms with E-state index in [0.29, 0.717) is 0 Å². The van der Waals surface area contributed by atoms with E-state index in [1.807, 2.05) is 13.8 Å². The molecular weight excluding hydrogens is 278 g/mol. The van der Waals surface area contributed by atoms with Gasteiger partial charge in [-0.05, 0) is 25.5 Å². The van der Waals surface area contributed by atoms with Crippen LogP contribution >= 0.6 is 0 Å². The molecule has 1 atom stereocenters. The van der Waals surface area contributed by atoms with E-state index in [0.717, 1.165) is 19.3 Å². The van der Waals surface area contributed by atoms with E-state index in [-0.39, 0.29) is 16.5 Å². The number of carbonyl (C=O) groups excluding carboxylic acids is 1. The number of ether oxygens (including phenoxy) is 1. The van der Waals surface area contributed by atoms with Gasteiger partial charge in [0.1, 0.15) is 0 Å². The maximum absolute atomic E-state index is 12.3. The zero-order chi connectivity index (χ0) is 15.2. The molecular formula is C14H21NO4S. The van der Waals surface area contributed by atoms with Crippen molar-refractivity contribution in [2.75, 3.05) is 7.11 Å². The summed E-state index contributed by atoms with van der Waals surface area (Å²) in [5.74, 6) is -0.660. The van der Waals surface area contributed by atoms with E-state index in [2.05, 4.69) is 9.46 Å². The Morgan fingerprint density at radius 1 is 1.35 bits per heavy atom. The molecule has 0 fully saturated rings. The van der Waals surface area contributed by atoms with Crippen LogP contribution in [0.4, 0.5) is 0 Å². The first kappa shape index (κ1) is 16.7. The van der Waals surface area contributed by atoms with Gasteiger partial charge in [0, 0.05) is 6.04 Å². The van der Waals surface area contributed by atoms with Crippen molar-refractivity contribution in [1.82, 2.24) is 4.72 Å². The number of rotatable bonds is 7. The minimum absolute atomic E-state index is 0.0461. The molecule has 20 heavy (non-hydrogen) atoms. The summed E-state index contributed by atoms with van der Waals surface area (Å²) in [6.45, 7) is 3.86. The van der Waals surface area contributed by atoms with Crippen LogP contribution in [-0.4, -0.2) is 27.5 Å². The van der Waals surface area contributed by atoms with E-state index < -0.39 is 16.0 Å². The Bertz CT molecular complexity index is 554. The van der Waals surface area contributed by atoms with Gasteiger partial charge in [-0.3, -0.25) is 0 Å². The molecule has 1 N–H and O–H groups in total. The summed E-state index contributed by atoms with van der Waals surface area (Å²) in [6.07, 6.45) is 2.71. The molecule has 0 spiro atoms. The normalized spacial score (nSPS) is 12.9. The zero-order valence-corrected chi connectivity index (χ0v) is 12.9. The van der Waals surface area contributed by atoms with E-state index in [1.54, 1.807) is 12.1 Å². The minimum Gasteiger partial charge on any atom is -0.465 e. The van der Waals surface area contributed by atoms with Gasteiger partial charge in [-0.1, -0.05) is 31.9 Å². The summed E-state index contributed by atoms with van der Waals surface area (Å²) < 4.78 is 31.9. The standard InChI is InChI=1S/C14H21NO4S/c1-4-5-8-11(2)15-20(17,18)13-10-7-6-9-12(13)14(16)19-3/h6-7,9-11,15H,4-5,8H2,1-3H3. The fourth-order valence-electron chi connectivity index (χ4n) is 1.88. The molecule has 0 radical (unpaired) electrons. The maximum Gasteiger partial charge on any atom is 0.339 e. The van der Waals surface area contributed by atoms with Crippen molar-refractivity contribution in [2.24, 2.45) is 0 Å². The Morgan fingerprint density at radius 3 is 2.60 bits per heavy atom. The van der Waals surface area contributed by atoms with E-state index in [1.165, 1.54) is 19.2 Å². The first-order chi connectivity index (χ1) is 9.42. The molecule has 112 valence electrons. The molecule has 0 amide bonds. The first-order valence-corrected chi connectivity index (χ1v) is 8.10. The Labute approximate surface area is 120 Å². The van der Waals surface area contributed by atoms with Crippen LogP contribution in [0.2, 0.25) is 0 Å². The highest BCUT2D eigenvalue weighted by Crippen LogP contribution is 2.17. The molecule has 6 heteroatoms. The molecule has 1 rings (SSSR count). The summed E-state index contributed by atoms with van der Waals surface area (Å²) in [4.78, 5) is 11.6. The summed E-state index contributed by atoms with van der Waals surface area (Å²) in [6, 6.07) is 5.85. The van der Waals surface area contributed by atoms with Crippen LogP contribution in [0.15, 0.2) is 29.2 Å². The monoisotopic (exact) mass is 299 g/mol. The Hall–Kier alpha value is -1.40. The number of unbranched alkanes of at least 4 members (excludes halogenated alkanes) is 1. The lowest BCUT2D eigenvalue weighted by molar-refractivity contribution is 0.0596. The van der Waals surface area contributed by atoms with Gasteiger partial charge in [-0.2, -0.15) is 0 Å². The SMILES string of the molecule is CCCCC(C)NS(=O)(=O)c1ccccc1C(=O)OC. The molecule has 1 aromatic carbocycles. The number of nitrogens with one attached hydrogen (secondary N) is 1. The van der Waals surface area contributed by atoms with Gasteiger partial charge in [0.2, 0.25) is 10.0 Å². The molecule has 0 bridgehead atoms. The van der Waals surface area contributed by atoms with Gasteiger partial charge in [0.25, 0.3) is 0 Å². The molecule has 5 nitrogen and oxygen atoms in total. The number of sulfonamides is 1. The van der Waals surface area contributed by atoms with E-state index in [4.69, 9.17) is 0 Å². The second-order valence-corrected chi connectivity index (χ2v) is 6.33. The average molecular weight is 299 g/mol. The minimum atomic E-state index is -3.73. The van der Waals surface area contributed by atoms with Gasteiger partial charge in [0.15, 0.2) is 0 Å². The third kappa shape index (κ3) is 4.31. The van der Waals surface area contributed by atoms with Crippen molar-refractivity contribution in [3.05, 3.63) is 29.8 Å². The molecule has 0 saturated carbocycles. The summed E-state index contributed by atoms with van der Waals surface area (Å²) >= 11 is 0. The van der Waals surface area contributed by atoms with Crippen LogP contribution in [0.25, 0.3) is 0 Å². The first-order valence-electron chi connectivity index (χ1n) is 6.62. The number of methoxy groups -OCH3 is 1. The van der Waals surface area contributed by atoms with Gasteiger partial charge in [-0.25, -0.2) is 17.9 Å². The molecule has 1 unspecified atom stereocenters. The molecule has 0 aliphatic heterocycles. The number of hydrogen-bond donors (Lipinski definition) is 1. The Kier molecular flexibility index (Phi) is 6.16. The van der Waals surface area contributed by atoms with Crippen LogP contribution in [0.3, 0.4) is 0 Å². The van der Waals surface area contributed by atoms with Crippen LogP contribution in [-0.2, 0) is 14.8 Å².